The van der Waals surface area contributed by atoms with Crippen molar-refractivity contribution in [2.45, 2.75) is 26.8 Å². The maximum Gasteiger partial charge on any atom is 0.346 e. The third-order valence-electron chi connectivity index (χ3n) is 5.15. The second-order valence-electron chi connectivity index (χ2n) is 8.55. The van der Waals surface area contributed by atoms with Gasteiger partial charge >= 0.3 is 7.52 Å². The van der Waals surface area contributed by atoms with Crippen LogP contribution in [0.1, 0.15) is 25.8 Å². The number of aromatic hydroxyl groups is 1. The van der Waals surface area contributed by atoms with Gasteiger partial charge in [-0.05, 0) is 42.0 Å². The first-order chi connectivity index (χ1) is 16.4. The fourth-order valence-electron chi connectivity index (χ4n) is 3.51. The molecule has 4 rings (SSSR count). The molecular weight excluding hydrogens is 513 g/mol. The van der Waals surface area contributed by atoms with E-state index in [4.69, 9.17) is 0 Å². The van der Waals surface area contributed by atoms with Crippen LogP contribution in [0, 0.1) is 5.92 Å². The van der Waals surface area contributed by atoms with E-state index < -0.39 is 29.6 Å². The average Bonchev–Trinajstić information content (AvgIpc) is 3.27. The zero-order chi connectivity index (χ0) is 25.5. The predicted molar refractivity (Wildman–Crippen MR) is 141 cm³/mol. The first kappa shape index (κ1) is 25.4. The molecule has 0 fully saturated rings. The van der Waals surface area contributed by atoms with E-state index in [2.05, 4.69) is 19.9 Å². The SMILES string of the molecule is CC(C)CCn1nc(-c2cccs2)c(O)c(C2=NP(=O)(O)c3cc(NS(C)(O)O)ccc3N2)c1=O. The van der Waals surface area contributed by atoms with Crippen molar-refractivity contribution in [3.8, 4) is 16.3 Å². The Morgan fingerprint density at radius 1 is 1.29 bits per heavy atom. The number of anilines is 2. The predicted octanol–water partition coefficient (Wildman–Crippen LogP) is 4.11. The molecule has 1 unspecified atom stereocenters. The summed E-state index contributed by atoms with van der Waals surface area (Å²) in [5, 5.41) is 20.0. The monoisotopic (exact) mass is 539 g/mol. The number of fused-ring (bicyclic) bond motifs is 1. The van der Waals surface area contributed by atoms with Crippen LogP contribution in [0.5, 0.6) is 5.75 Å². The number of rotatable bonds is 7. The minimum Gasteiger partial charge on any atom is -0.505 e. The number of nitrogens with one attached hydrogen (secondary N) is 2. The highest BCUT2D eigenvalue weighted by Crippen LogP contribution is 2.48. The van der Waals surface area contributed by atoms with Crippen LogP contribution in [0.2, 0.25) is 0 Å². The fraction of sp³-hybridized carbons (Fsp3) is 0.286. The van der Waals surface area contributed by atoms with Crippen LogP contribution in [0.25, 0.3) is 10.6 Å². The molecule has 0 saturated carbocycles. The van der Waals surface area contributed by atoms with Gasteiger partial charge in [0.05, 0.1) is 21.6 Å². The first-order valence-corrected chi connectivity index (χ1v) is 15.0. The third-order valence-corrected chi connectivity index (χ3v) is 8.12. The van der Waals surface area contributed by atoms with E-state index in [1.807, 2.05) is 19.2 Å². The summed E-state index contributed by atoms with van der Waals surface area (Å²) in [6.45, 7) is 4.32. The lowest BCUT2D eigenvalue weighted by atomic mass is 10.1. The van der Waals surface area contributed by atoms with E-state index in [9.17, 15) is 28.5 Å². The van der Waals surface area contributed by atoms with Crippen LogP contribution < -0.4 is 20.9 Å². The van der Waals surface area contributed by atoms with E-state index in [1.54, 1.807) is 12.1 Å². The van der Waals surface area contributed by atoms with Crippen molar-refractivity contribution in [3.05, 3.63) is 51.6 Å². The van der Waals surface area contributed by atoms with Crippen molar-refractivity contribution in [2.24, 2.45) is 10.7 Å². The fourth-order valence-corrected chi connectivity index (χ4v) is 6.07. The minimum absolute atomic E-state index is 0.0814. The maximum absolute atomic E-state index is 13.3. The van der Waals surface area contributed by atoms with Crippen LogP contribution in [0.3, 0.4) is 0 Å². The molecule has 14 heteroatoms. The highest BCUT2D eigenvalue weighted by atomic mass is 32.3. The Morgan fingerprint density at radius 2 is 2.03 bits per heavy atom. The van der Waals surface area contributed by atoms with Gasteiger partial charge in [0.25, 0.3) is 5.56 Å². The van der Waals surface area contributed by atoms with Crippen molar-refractivity contribution in [3.63, 3.8) is 0 Å². The highest BCUT2D eigenvalue weighted by molar-refractivity contribution is 8.24. The Hall–Kier alpha value is -2.67. The lowest BCUT2D eigenvalue weighted by molar-refractivity contribution is 0.444. The van der Waals surface area contributed by atoms with Crippen molar-refractivity contribution < 1.29 is 23.7 Å². The van der Waals surface area contributed by atoms with Gasteiger partial charge in [-0.3, -0.25) is 23.2 Å². The second-order valence-corrected chi connectivity index (χ2v) is 13.1. The molecule has 1 aromatic carbocycles. The molecule has 0 saturated heterocycles. The molecule has 3 aromatic rings. The number of aromatic nitrogens is 2. The van der Waals surface area contributed by atoms with E-state index in [-0.39, 0.29) is 33.8 Å². The zero-order valence-electron chi connectivity index (χ0n) is 19.2. The van der Waals surface area contributed by atoms with E-state index in [1.165, 1.54) is 40.5 Å². The second kappa shape index (κ2) is 9.41. The maximum atomic E-state index is 13.3. The van der Waals surface area contributed by atoms with E-state index >= 15 is 0 Å². The van der Waals surface area contributed by atoms with Gasteiger partial charge in [-0.25, -0.2) is 4.68 Å². The molecule has 2 aromatic heterocycles. The molecule has 11 nitrogen and oxygen atoms in total. The Labute approximate surface area is 207 Å². The summed E-state index contributed by atoms with van der Waals surface area (Å²) in [6, 6.07) is 7.76. The summed E-state index contributed by atoms with van der Waals surface area (Å²) in [5.74, 6) is -0.388. The highest BCUT2D eigenvalue weighted by Gasteiger charge is 2.34. The molecule has 0 aliphatic carbocycles. The summed E-state index contributed by atoms with van der Waals surface area (Å²) in [7, 11) is -7.51. The van der Waals surface area contributed by atoms with Gasteiger partial charge in [0, 0.05) is 12.8 Å². The Morgan fingerprint density at radius 3 is 2.66 bits per heavy atom. The summed E-state index contributed by atoms with van der Waals surface area (Å²) in [4.78, 5) is 24.7. The van der Waals surface area contributed by atoms with Crippen molar-refractivity contribution in [1.29, 1.82) is 0 Å². The molecule has 1 atom stereocenters. The van der Waals surface area contributed by atoms with Gasteiger partial charge in [0.1, 0.15) is 11.3 Å². The molecule has 1 aliphatic rings. The van der Waals surface area contributed by atoms with E-state index in [0.717, 1.165) is 0 Å². The molecule has 0 bridgehead atoms. The Bertz CT molecular complexity index is 1400. The van der Waals surface area contributed by atoms with Crippen LogP contribution in [0.4, 0.5) is 11.4 Å². The molecule has 0 spiro atoms. The molecule has 0 amide bonds. The van der Waals surface area contributed by atoms with Gasteiger partial charge in [0.2, 0.25) is 0 Å². The molecule has 188 valence electrons. The molecule has 0 radical (unpaired) electrons. The normalized spacial score (nSPS) is 18.1. The van der Waals surface area contributed by atoms with Crippen LogP contribution in [-0.2, 0) is 11.1 Å². The Kier molecular flexibility index (Phi) is 6.84. The number of nitrogens with zero attached hydrogens (tertiary/aromatic N) is 3. The standard InChI is InChI=1S/C21H26N5O6PS2/c1-12(2)8-9-26-21(28)17(19(27)18(23-26)16-5-4-10-34-16)20-22-14-7-6-13(25-35(3,31)32)11-15(14)33(29,30)24-20/h4-7,10-12,25,27,31-32H,8-9H2,1-3H3,(H2,22,24,29,30). The first-order valence-electron chi connectivity index (χ1n) is 10.6. The lowest BCUT2D eigenvalue weighted by Gasteiger charge is -2.30. The zero-order valence-corrected chi connectivity index (χ0v) is 21.7. The number of hydrogen-bond acceptors (Lipinski definition) is 9. The minimum atomic E-state index is -4.40. The molecule has 1 aliphatic heterocycles. The average molecular weight is 540 g/mol. The smallest absolute Gasteiger partial charge is 0.346 e. The lowest BCUT2D eigenvalue weighted by Crippen LogP contribution is -2.34. The van der Waals surface area contributed by atoms with E-state index in [0.29, 0.717) is 23.8 Å². The number of benzene rings is 1. The van der Waals surface area contributed by atoms with Gasteiger partial charge in [-0.1, -0.05) is 19.9 Å². The van der Waals surface area contributed by atoms with Gasteiger partial charge < -0.3 is 15.3 Å². The van der Waals surface area contributed by atoms with Gasteiger partial charge in [-0.15, -0.1) is 22.1 Å². The van der Waals surface area contributed by atoms with Crippen molar-refractivity contribution in [2.75, 3.05) is 16.3 Å². The molecule has 6 N–H and O–H groups in total. The van der Waals surface area contributed by atoms with Crippen LogP contribution >= 0.6 is 29.6 Å². The third kappa shape index (κ3) is 5.45. The summed E-state index contributed by atoms with van der Waals surface area (Å²) < 4.78 is 40.1. The number of hydrogen-bond donors (Lipinski definition) is 6. The number of thiophene rings is 1. The number of aryl methyl sites for hydroxylation is 1. The van der Waals surface area contributed by atoms with Crippen molar-refractivity contribution >= 4 is 52.1 Å². The van der Waals surface area contributed by atoms with Gasteiger partial charge in [0.15, 0.2) is 11.6 Å². The number of amidine groups is 1. The van der Waals surface area contributed by atoms with Crippen LogP contribution in [-0.4, -0.2) is 41.0 Å². The molecule has 3 heterocycles. The topological polar surface area (TPSA) is 169 Å². The molecule has 35 heavy (non-hydrogen) atoms. The summed E-state index contributed by atoms with van der Waals surface area (Å²) in [5.41, 5.74) is -0.313. The molecular formula is C21H26N5O6PS2. The quantitative estimate of drug-likeness (QED) is 0.242. The largest absolute Gasteiger partial charge is 0.505 e. The van der Waals surface area contributed by atoms with Gasteiger partial charge in [-0.2, -0.15) is 9.86 Å². The summed E-state index contributed by atoms with van der Waals surface area (Å²) in [6.07, 6.45) is 1.84. The van der Waals surface area contributed by atoms with Crippen LogP contribution in [0.15, 0.2) is 45.3 Å². The summed E-state index contributed by atoms with van der Waals surface area (Å²) >= 11 is 1.33. The van der Waals surface area contributed by atoms with Crippen molar-refractivity contribution in [1.82, 2.24) is 9.78 Å². The Balaban J connectivity index is 1.84.